The van der Waals surface area contributed by atoms with Gasteiger partial charge in [0.05, 0.1) is 14.1 Å². The van der Waals surface area contributed by atoms with E-state index in [0.717, 1.165) is 0 Å². The zero-order valence-electron chi connectivity index (χ0n) is 5.95. The second-order valence-corrected chi connectivity index (χ2v) is 3.44. The molecule has 0 bridgehead atoms. The Morgan fingerprint density at radius 1 is 1.27 bits per heavy atom. The predicted octanol–water partition coefficient (Wildman–Crippen LogP) is 2.78. The molecule has 2 atom stereocenters. The van der Waals surface area contributed by atoms with E-state index in [9.17, 15) is 4.57 Å². The van der Waals surface area contributed by atoms with Crippen LogP contribution in [0.2, 0.25) is 0 Å². The molecule has 1 aliphatic rings. The largest absolute Gasteiger partial charge is 0.290 e. The van der Waals surface area contributed by atoms with Gasteiger partial charge in [-0.3, -0.25) is 4.57 Å². The van der Waals surface area contributed by atoms with Gasteiger partial charge in [0.2, 0.25) is 0 Å². The first-order valence-corrected chi connectivity index (χ1v) is 4.55. The highest BCUT2D eigenvalue weighted by molar-refractivity contribution is 7.24. The van der Waals surface area contributed by atoms with E-state index in [1.54, 1.807) is 0 Å². The quantitative estimate of drug-likeness (QED) is 0.582. The maximum Gasteiger partial charge on any atom is 0.0706 e. The van der Waals surface area contributed by atoms with E-state index in [0.29, 0.717) is 0 Å². The first-order chi connectivity index (χ1) is 5.42. The highest BCUT2D eigenvalue weighted by Gasteiger charge is 2.14. The molecule has 2 unspecified atom stereocenters. The summed E-state index contributed by atoms with van der Waals surface area (Å²) in [6.07, 6.45) is 4.03. The smallest absolute Gasteiger partial charge is 0.0706 e. The molecular formula is C9H8OP. The molecule has 1 aliphatic carbocycles. The van der Waals surface area contributed by atoms with E-state index in [1.807, 2.05) is 36.4 Å². The van der Waals surface area contributed by atoms with E-state index in [1.165, 1.54) is 11.1 Å². The molecule has 0 saturated carbocycles. The third kappa shape index (κ3) is 1.02. The summed E-state index contributed by atoms with van der Waals surface area (Å²) in [5, 5.41) is 0. The van der Waals surface area contributed by atoms with Crippen molar-refractivity contribution in [1.29, 1.82) is 0 Å². The Bertz CT molecular complexity index is 317. The lowest BCUT2D eigenvalue weighted by Crippen LogP contribution is -1.82. The van der Waals surface area contributed by atoms with Gasteiger partial charge < -0.3 is 0 Å². The molecule has 0 heterocycles. The standard InChI is InChI=1S/C9H8OP/c10-11-9-6-5-7-3-1-2-4-8(7)9/h1-6,9,11H. The van der Waals surface area contributed by atoms with Crippen molar-refractivity contribution in [2.45, 2.75) is 5.66 Å². The zero-order valence-corrected chi connectivity index (χ0v) is 6.95. The number of allylic oxidation sites excluding steroid dienone is 1. The second-order valence-electron chi connectivity index (χ2n) is 2.58. The minimum Gasteiger partial charge on any atom is -0.290 e. The average molecular weight is 163 g/mol. The summed E-state index contributed by atoms with van der Waals surface area (Å²) in [5.41, 5.74) is 2.55. The van der Waals surface area contributed by atoms with Crippen molar-refractivity contribution in [3.63, 3.8) is 0 Å². The maximum absolute atomic E-state index is 10.7. The number of fused-ring (bicyclic) bond motifs is 1. The third-order valence-corrected chi connectivity index (χ3v) is 2.68. The SMILES string of the molecule is O=[PH]C1C=Cc2ccccc21. The van der Waals surface area contributed by atoms with Gasteiger partial charge in [-0.1, -0.05) is 36.4 Å². The molecule has 0 N–H and O–H groups in total. The lowest BCUT2D eigenvalue weighted by Gasteiger charge is -2.00. The van der Waals surface area contributed by atoms with Crippen LogP contribution in [0, 0.1) is 0 Å². The Morgan fingerprint density at radius 3 is 2.91 bits per heavy atom. The van der Waals surface area contributed by atoms with Gasteiger partial charge >= 0.3 is 0 Å². The van der Waals surface area contributed by atoms with Crippen molar-refractivity contribution in [2.24, 2.45) is 0 Å². The van der Waals surface area contributed by atoms with Crippen LogP contribution in [0.5, 0.6) is 0 Å². The van der Waals surface area contributed by atoms with Crippen LogP contribution in [0.1, 0.15) is 16.8 Å². The van der Waals surface area contributed by atoms with Crippen molar-refractivity contribution in [3.8, 4) is 0 Å². The van der Waals surface area contributed by atoms with Crippen molar-refractivity contribution >= 4 is 14.5 Å². The normalized spacial score (nSPS) is 20.5. The molecule has 0 aromatic heterocycles. The molecule has 0 amide bonds. The van der Waals surface area contributed by atoms with Crippen LogP contribution in [0.3, 0.4) is 0 Å². The minimum atomic E-state index is -0.258. The summed E-state index contributed by atoms with van der Waals surface area (Å²) >= 11 is 0. The highest BCUT2D eigenvalue weighted by Crippen LogP contribution is 2.36. The number of rotatable bonds is 1. The van der Waals surface area contributed by atoms with Crippen molar-refractivity contribution in [2.75, 3.05) is 0 Å². The fraction of sp³-hybridized carbons (Fsp3) is 0.111. The lowest BCUT2D eigenvalue weighted by molar-refractivity contribution is 0.596. The number of benzene rings is 1. The Morgan fingerprint density at radius 2 is 2.09 bits per heavy atom. The third-order valence-electron chi connectivity index (χ3n) is 1.93. The Hall–Kier alpha value is -0.940. The fourth-order valence-electron chi connectivity index (χ4n) is 1.35. The molecule has 0 aliphatic heterocycles. The summed E-state index contributed by atoms with van der Waals surface area (Å²) in [6, 6.07) is 8.06. The molecule has 0 spiro atoms. The molecule has 0 fully saturated rings. The molecule has 0 saturated heterocycles. The van der Waals surface area contributed by atoms with Gasteiger partial charge in [0.25, 0.3) is 0 Å². The van der Waals surface area contributed by atoms with Crippen LogP contribution < -0.4 is 0 Å². The second kappa shape index (κ2) is 2.60. The monoisotopic (exact) mass is 163 g/mol. The van der Waals surface area contributed by atoms with Crippen molar-refractivity contribution in [1.82, 2.24) is 0 Å². The van der Waals surface area contributed by atoms with Gasteiger partial charge in [0, 0.05) is 0 Å². The molecule has 1 radical (unpaired) electrons. The molecule has 1 nitrogen and oxygen atoms in total. The molecule has 11 heavy (non-hydrogen) atoms. The highest BCUT2D eigenvalue weighted by atomic mass is 31.1. The lowest BCUT2D eigenvalue weighted by atomic mass is 10.1. The summed E-state index contributed by atoms with van der Waals surface area (Å²) in [4.78, 5) is 0. The summed E-state index contributed by atoms with van der Waals surface area (Å²) in [6.45, 7) is 0. The summed E-state index contributed by atoms with van der Waals surface area (Å²) in [7, 11) is -0.258. The van der Waals surface area contributed by atoms with Gasteiger partial charge in [-0.2, -0.15) is 0 Å². The Kier molecular flexibility index (Phi) is 1.59. The molecule has 2 rings (SSSR count). The van der Waals surface area contributed by atoms with Crippen LogP contribution in [0.15, 0.2) is 30.3 Å². The van der Waals surface area contributed by atoms with E-state index in [2.05, 4.69) is 0 Å². The van der Waals surface area contributed by atoms with Crippen LogP contribution >= 0.6 is 8.46 Å². The van der Waals surface area contributed by atoms with Gasteiger partial charge in [0.1, 0.15) is 0 Å². The minimum absolute atomic E-state index is 0.145. The van der Waals surface area contributed by atoms with Gasteiger partial charge in [-0.15, -0.1) is 0 Å². The van der Waals surface area contributed by atoms with Gasteiger partial charge in [0.15, 0.2) is 0 Å². The van der Waals surface area contributed by atoms with E-state index in [4.69, 9.17) is 0 Å². The first-order valence-electron chi connectivity index (χ1n) is 3.56. The molecule has 1 aromatic rings. The van der Waals surface area contributed by atoms with Crippen molar-refractivity contribution < 1.29 is 4.57 Å². The number of hydrogen-bond acceptors (Lipinski definition) is 1. The first kappa shape index (κ1) is 6.75. The van der Waals surface area contributed by atoms with Crippen molar-refractivity contribution in [3.05, 3.63) is 41.5 Å². The Balaban J connectivity index is 2.53. The molecule has 55 valence electrons. The van der Waals surface area contributed by atoms with Gasteiger partial charge in [-0.25, -0.2) is 0 Å². The van der Waals surface area contributed by atoms with E-state index >= 15 is 0 Å². The van der Waals surface area contributed by atoms with E-state index in [-0.39, 0.29) is 14.1 Å². The Labute approximate surface area is 67.0 Å². The molecular weight excluding hydrogens is 155 g/mol. The van der Waals surface area contributed by atoms with Crippen LogP contribution in [0.4, 0.5) is 0 Å². The van der Waals surface area contributed by atoms with Crippen LogP contribution in [-0.4, -0.2) is 0 Å². The van der Waals surface area contributed by atoms with Crippen LogP contribution in [-0.2, 0) is 4.57 Å². The summed E-state index contributed by atoms with van der Waals surface area (Å²) < 4.78 is 10.7. The average Bonchev–Trinajstić information content (AvgIpc) is 2.47. The van der Waals surface area contributed by atoms with Gasteiger partial charge in [-0.05, 0) is 11.1 Å². The van der Waals surface area contributed by atoms with E-state index < -0.39 is 0 Å². The molecule has 1 aromatic carbocycles. The summed E-state index contributed by atoms with van der Waals surface area (Å²) in [5.74, 6) is 0. The number of hydrogen-bond donors (Lipinski definition) is 0. The predicted molar refractivity (Wildman–Crippen MR) is 47.2 cm³/mol. The fourth-order valence-corrected chi connectivity index (χ4v) is 1.92. The molecule has 2 heteroatoms. The topological polar surface area (TPSA) is 17.1 Å². The van der Waals surface area contributed by atoms with Crippen LogP contribution in [0.25, 0.3) is 6.08 Å². The maximum atomic E-state index is 10.7. The zero-order chi connectivity index (χ0) is 7.68.